The molecule has 3 aromatic rings. The summed E-state index contributed by atoms with van der Waals surface area (Å²) in [6, 6.07) is 17.5. The lowest BCUT2D eigenvalue weighted by atomic mass is 10.1. The molecule has 0 radical (unpaired) electrons. The predicted molar refractivity (Wildman–Crippen MR) is 130 cm³/mol. The van der Waals surface area contributed by atoms with E-state index in [-0.39, 0.29) is 28.5 Å². The first kappa shape index (κ1) is 24.3. The average Bonchev–Trinajstić information content (AvgIpc) is 3.17. The second kappa shape index (κ2) is 10.6. The second-order valence-corrected chi connectivity index (χ2v) is 7.55. The lowest BCUT2D eigenvalue weighted by Gasteiger charge is -2.15. The number of nitrogens with zero attached hydrogens (tertiary/aromatic N) is 1. The van der Waals surface area contributed by atoms with Crippen molar-refractivity contribution in [2.75, 3.05) is 31.2 Å². The van der Waals surface area contributed by atoms with E-state index in [1.54, 1.807) is 36.4 Å². The van der Waals surface area contributed by atoms with Gasteiger partial charge >= 0.3 is 0 Å². The van der Waals surface area contributed by atoms with Crippen LogP contribution < -0.4 is 30.0 Å². The van der Waals surface area contributed by atoms with Crippen molar-refractivity contribution in [2.45, 2.75) is 0 Å². The molecular weight excluding hydrogens is 469 g/mol. The van der Waals surface area contributed by atoms with Gasteiger partial charge in [0.25, 0.3) is 17.7 Å². The van der Waals surface area contributed by atoms with Crippen LogP contribution in [0.4, 0.5) is 15.8 Å². The summed E-state index contributed by atoms with van der Waals surface area (Å²) < 4.78 is 30.2. The number of carbonyl (C=O) groups is 3. The number of para-hydroxylation sites is 2. The van der Waals surface area contributed by atoms with Crippen LogP contribution in [-0.4, -0.2) is 38.5 Å². The zero-order valence-corrected chi connectivity index (χ0v) is 19.4. The van der Waals surface area contributed by atoms with Gasteiger partial charge in [0.1, 0.15) is 11.4 Å². The maximum Gasteiger partial charge on any atom is 0.282 e. The summed E-state index contributed by atoms with van der Waals surface area (Å²) in [6.45, 7) is -0.450. The molecule has 184 valence electrons. The smallest absolute Gasteiger partial charge is 0.282 e. The van der Waals surface area contributed by atoms with Crippen molar-refractivity contribution >= 4 is 35.2 Å². The molecule has 0 spiro atoms. The van der Waals surface area contributed by atoms with E-state index in [1.807, 2.05) is 0 Å². The third-order valence-electron chi connectivity index (χ3n) is 5.20. The fourth-order valence-electron chi connectivity index (χ4n) is 3.50. The van der Waals surface area contributed by atoms with Crippen molar-refractivity contribution in [3.8, 4) is 17.2 Å². The number of benzene rings is 3. The van der Waals surface area contributed by atoms with E-state index >= 15 is 0 Å². The lowest BCUT2D eigenvalue weighted by molar-refractivity contribution is -0.118. The average molecular weight is 491 g/mol. The van der Waals surface area contributed by atoms with Crippen molar-refractivity contribution < 1.29 is 33.0 Å². The maximum atomic E-state index is 13.8. The number of anilines is 2. The fourth-order valence-corrected chi connectivity index (χ4v) is 3.50. The van der Waals surface area contributed by atoms with E-state index in [0.717, 1.165) is 5.01 Å². The standard InChI is InChI=1S/C26H22FN3O6/c1-34-21-13-16(12-18-25(32)29-30(26(18)33)17-8-4-3-5-9-17)14-22(35-2)24(21)36-15-23(31)28-20-11-7-6-10-19(20)27/h3-14H,15H2,1-2H3,(H,28,31)(H,29,32). The number of hydrogen-bond donors (Lipinski definition) is 2. The monoisotopic (exact) mass is 491 g/mol. The number of methoxy groups -OCH3 is 2. The predicted octanol–water partition coefficient (Wildman–Crippen LogP) is 3.32. The summed E-state index contributed by atoms with van der Waals surface area (Å²) in [5, 5.41) is 3.59. The number of carbonyl (C=O) groups excluding carboxylic acids is 3. The number of nitrogens with one attached hydrogen (secondary N) is 2. The minimum atomic E-state index is -0.593. The van der Waals surface area contributed by atoms with Crippen molar-refractivity contribution in [3.63, 3.8) is 0 Å². The minimum absolute atomic E-state index is 0.0241. The van der Waals surface area contributed by atoms with Gasteiger partial charge in [0, 0.05) is 0 Å². The molecule has 36 heavy (non-hydrogen) atoms. The van der Waals surface area contributed by atoms with Crippen LogP contribution in [0.25, 0.3) is 6.08 Å². The maximum absolute atomic E-state index is 13.8. The van der Waals surface area contributed by atoms with Gasteiger partial charge in [0.2, 0.25) is 5.75 Å². The van der Waals surface area contributed by atoms with E-state index < -0.39 is 30.1 Å². The van der Waals surface area contributed by atoms with Gasteiger partial charge in [0.15, 0.2) is 18.1 Å². The Bertz CT molecular complexity index is 1320. The Hall–Kier alpha value is -4.86. The zero-order valence-electron chi connectivity index (χ0n) is 19.4. The summed E-state index contributed by atoms with van der Waals surface area (Å²) in [5.74, 6) is -1.73. The van der Waals surface area contributed by atoms with Crippen LogP contribution >= 0.6 is 0 Å². The molecule has 1 aliphatic heterocycles. The highest BCUT2D eigenvalue weighted by atomic mass is 19.1. The molecule has 0 aromatic heterocycles. The molecular formula is C26H22FN3O6. The Morgan fingerprint density at radius 1 is 1.00 bits per heavy atom. The summed E-state index contributed by atoms with van der Waals surface area (Å²) >= 11 is 0. The van der Waals surface area contributed by atoms with Gasteiger partial charge in [-0.05, 0) is 48.0 Å². The number of hydrogen-bond acceptors (Lipinski definition) is 6. The topological polar surface area (TPSA) is 106 Å². The summed E-state index contributed by atoms with van der Waals surface area (Å²) in [4.78, 5) is 37.6. The first-order chi connectivity index (χ1) is 17.4. The SMILES string of the molecule is COc1cc(C=C2C(=O)NN(c3ccccc3)C2=O)cc(OC)c1OCC(=O)Nc1ccccc1F. The Kier molecular flexibility index (Phi) is 7.15. The van der Waals surface area contributed by atoms with Crippen LogP contribution in [0.1, 0.15) is 5.56 Å². The first-order valence-electron chi connectivity index (χ1n) is 10.8. The summed E-state index contributed by atoms with van der Waals surface area (Å²) in [6.07, 6.45) is 1.40. The number of rotatable bonds is 8. The molecule has 1 fully saturated rings. The van der Waals surface area contributed by atoms with Gasteiger partial charge in [-0.2, -0.15) is 0 Å². The molecule has 3 amide bonds. The van der Waals surface area contributed by atoms with Crippen LogP contribution in [-0.2, 0) is 14.4 Å². The lowest BCUT2D eigenvalue weighted by Crippen LogP contribution is -2.35. The van der Waals surface area contributed by atoms with E-state index in [2.05, 4.69) is 10.7 Å². The molecule has 4 rings (SSSR count). The second-order valence-electron chi connectivity index (χ2n) is 7.55. The highest BCUT2D eigenvalue weighted by Crippen LogP contribution is 2.39. The largest absolute Gasteiger partial charge is 0.493 e. The number of halogens is 1. The van der Waals surface area contributed by atoms with Gasteiger partial charge < -0.3 is 19.5 Å². The molecule has 1 heterocycles. The molecule has 0 saturated carbocycles. The molecule has 0 aliphatic carbocycles. The summed E-state index contributed by atoms with van der Waals surface area (Å²) in [5.41, 5.74) is 3.43. The number of amides is 3. The van der Waals surface area contributed by atoms with Crippen LogP contribution in [0, 0.1) is 5.82 Å². The van der Waals surface area contributed by atoms with Gasteiger partial charge in [-0.25, -0.2) is 9.40 Å². The highest BCUT2D eigenvalue weighted by molar-refractivity contribution is 6.31. The van der Waals surface area contributed by atoms with Crippen LogP contribution in [0.15, 0.2) is 72.3 Å². The molecule has 1 aliphatic rings. The van der Waals surface area contributed by atoms with E-state index in [1.165, 1.54) is 50.6 Å². The third kappa shape index (κ3) is 5.12. The quantitative estimate of drug-likeness (QED) is 0.370. The molecule has 0 unspecified atom stereocenters. The Balaban J connectivity index is 1.55. The highest BCUT2D eigenvalue weighted by Gasteiger charge is 2.34. The number of hydrazine groups is 1. The molecule has 3 aromatic carbocycles. The minimum Gasteiger partial charge on any atom is -0.493 e. The first-order valence-corrected chi connectivity index (χ1v) is 10.8. The molecule has 0 atom stereocenters. The van der Waals surface area contributed by atoms with Gasteiger partial charge in [-0.15, -0.1) is 0 Å². The fraction of sp³-hybridized carbons (Fsp3) is 0.115. The van der Waals surface area contributed by atoms with Gasteiger partial charge in [-0.1, -0.05) is 30.3 Å². The normalized spacial score (nSPS) is 14.0. The van der Waals surface area contributed by atoms with Crippen molar-refractivity contribution in [1.29, 1.82) is 0 Å². The Labute approximate surface area is 206 Å². The van der Waals surface area contributed by atoms with Crippen molar-refractivity contribution in [1.82, 2.24) is 5.43 Å². The summed E-state index contributed by atoms with van der Waals surface area (Å²) in [7, 11) is 2.78. The van der Waals surface area contributed by atoms with Crippen LogP contribution in [0.3, 0.4) is 0 Å². The van der Waals surface area contributed by atoms with E-state index in [9.17, 15) is 18.8 Å². The van der Waals surface area contributed by atoms with E-state index in [0.29, 0.717) is 11.3 Å². The molecule has 0 bridgehead atoms. The Morgan fingerprint density at radius 2 is 1.64 bits per heavy atom. The van der Waals surface area contributed by atoms with Crippen LogP contribution in [0.2, 0.25) is 0 Å². The van der Waals surface area contributed by atoms with Gasteiger partial charge in [0.05, 0.1) is 25.6 Å². The molecule has 2 N–H and O–H groups in total. The van der Waals surface area contributed by atoms with E-state index in [4.69, 9.17) is 14.2 Å². The van der Waals surface area contributed by atoms with Crippen molar-refractivity contribution in [3.05, 3.63) is 83.7 Å². The zero-order chi connectivity index (χ0) is 25.7. The van der Waals surface area contributed by atoms with Gasteiger partial charge in [-0.3, -0.25) is 19.8 Å². The third-order valence-corrected chi connectivity index (χ3v) is 5.20. The van der Waals surface area contributed by atoms with Crippen LogP contribution in [0.5, 0.6) is 17.2 Å². The van der Waals surface area contributed by atoms with Crippen molar-refractivity contribution in [2.24, 2.45) is 0 Å². The molecule has 1 saturated heterocycles. The molecule has 10 heteroatoms. The molecule has 9 nitrogen and oxygen atoms in total. The Morgan fingerprint density at radius 3 is 2.28 bits per heavy atom. The number of ether oxygens (including phenoxy) is 3.